The molecule has 276 valence electrons. The van der Waals surface area contributed by atoms with Crippen LogP contribution in [0, 0.1) is 5.92 Å². The second-order valence-corrected chi connectivity index (χ2v) is 14.1. The van der Waals surface area contributed by atoms with Crippen LogP contribution in [0.3, 0.4) is 0 Å². The smallest absolute Gasteiger partial charge is 0.243 e. The van der Waals surface area contributed by atoms with Gasteiger partial charge in [-0.3, -0.25) is 19.2 Å². The predicted octanol–water partition coefficient (Wildman–Crippen LogP) is 5.75. The van der Waals surface area contributed by atoms with Gasteiger partial charge in [0.2, 0.25) is 23.6 Å². The average molecular weight is 667 g/mol. The molecule has 8 N–H and O–H groups in total. The van der Waals surface area contributed by atoms with Gasteiger partial charge in [-0.05, 0) is 84.2 Å². The number of hydrogen-bond acceptors (Lipinski definition) is 6. The molecule has 0 aliphatic heterocycles. The molecule has 0 fully saturated rings. The monoisotopic (exact) mass is 667 g/mol. The van der Waals surface area contributed by atoms with E-state index in [2.05, 4.69) is 28.2 Å². The fraction of sp³-hybridized carbons (Fsp3) is 0.892. The van der Waals surface area contributed by atoms with Gasteiger partial charge in [0.25, 0.3) is 0 Å². The van der Waals surface area contributed by atoms with Crippen LogP contribution in [0.15, 0.2) is 0 Å². The van der Waals surface area contributed by atoms with Crippen LogP contribution in [-0.2, 0) is 19.2 Å². The van der Waals surface area contributed by atoms with Crippen molar-refractivity contribution >= 4 is 23.6 Å². The van der Waals surface area contributed by atoms with Gasteiger partial charge in [-0.15, -0.1) is 0 Å². The van der Waals surface area contributed by atoms with Crippen LogP contribution in [-0.4, -0.2) is 60.9 Å². The first-order chi connectivity index (χ1) is 22.5. The van der Waals surface area contributed by atoms with Crippen molar-refractivity contribution in [2.24, 2.45) is 17.4 Å². The van der Waals surface area contributed by atoms with Crippen LogP contribution in [0.2, 0.25) is 0 Å². The summed E-state index contributed by atoms with van der Waals surface area (Å²) in [6.45, 7) is 11.0. The molecule has 0 aromatic heterocycles. The largest absolute Gasteiger partial charge is 0.352 e. The SMILES string of the molecule is CCCCCCCCCCCCCCCC(=O)N[C@@H](CCCCN)C(=O)N[C@@H](CCCCN)C(=O)N[C@@H](CC(C)C)C(=O)NC(C)C. The van der Waals surface area contributed by atoms with Crippen molar-refractivity contribution in [3.8, 4) is 0 Å². The van der Waals surface area contributed by atoms with E-state index in [0.717, 1.165) is 25.7 Å². The van der Waals surface area contributed by atoms with Gasteiger partial charge in [0, 0.05) is 12.5 Å². The quantitative estimate of drug-likeness (QED) is 0.0515. The second-order valence-electron chi connectivity index (χ2n) is 14.1. The molecule has 0 radical (unpaired) electrons. The minimum absolute atomic E-state index is 0.0632. The highest BCUT2D eigenvalue weighted by molar-refractivity contribution is 5.94. The molecule has 0 rings (SSSR count). The van der Waals surface area contributed by atoms with Gasteiger partial charge in [-0.25, -0.2) is 0 Å². The Hall–Kier alpha value is -2.20. The third kappa shape index (κ3) is 25.5. The Morgan fingerprint density at radius 3 is 1.32 bits per heavy atom. The zero-order valence-corrected chi connectivity index (χ0v) is 30.9. The lowest BCUT2D eigenvalue weighted by atomic mass is 10.0. The molecule has 0 unspecified atom stereocenters. The number of nitrogens with two attached hydrogens (primary N) is 2. The van der Waals surface area contributed by atoms with E-state index < -0.39 is 24.0 Å². The Bertz CT molecular complexity index is 823. The molecule has 0 saturated heterocycles. The van der Waals surface area contributed by atoms with Gasteiger partial charge in [-0.1, -0.05) is 97.8 Å². The van der Waals surface area contributed by atoms with Gasteiger partial charge < -0.3 is 32.7 Å². The van der Waals surface area contributed by atoms with Crippen molar-refractivity contribution in [3.05, 3.63) is 0 Å². The minimum Gasteiger partial charge on any atom is -0.352 e. The molecule has 0 heterocycles. The molecule has 0 bridgehead atoms. The average Bonchev–Trinajstić information content (AvgIpc) is 3.01. The number of nitrogens with one attached hydrogen (secondary N) is 4. The lowest BCUT2D eigenvalue weighted by Gasteiger charge is -2.26. The number of amides is 4. The predicted molar refractivity (Wildman–Crippen MR) is 195 cm³/mol. The van der Waals surface area contributed by atoms with Crippen LogP contribution < -0.4 is 32.7 Å². The summed E-state index contributed by atoms with van der Waals surface area (Å²) in [6, 6.07) is -2.37. The summed E-state index contributed by atoms with van der Waals surface area (Å²) in [5.74, 6) is -0.998. The number of carbonyl (C=O) groups excluding carboxylic acids is 4. The molecule has 0 aromatic rings. The van der Waals surface area contributed by atoms with E-state index in [-0.39, 0.29) is 29.7 Å². The van der Waals surface area contributed by atoms with E-state index in [1.807, 2.05) is 27.7 Å². The summed E-state index contributed by atoms with van der Waals surface area (Å²) in [7, 11) is 0. The van der Waals surface area contributed by atoms with E-state index >= 15 is 0 Å². The lowest BCUT2D eigenvalue weighted by molar-refractivity contribution is -0.134. The highest BCUT2D eigenvalue weighted by Crippen LogP contribution is 2.14. The van der Waals surface area contributed by atoms with E-state index in [1.54, 1.807) is 0 Å². The van der Waals surface area contributed by atoms with Gasteiger partial charge >= 0.3 is 0 Å². The molecule has 10 nitrogen and oxygen atoms in total. The second kappa shape index (κ2) is 29.9. The topological polar surface area (TPSA) is 168 Å². The van der Waals surface area contributed by atoms with Crippen molar-refractivity contribution in [2.45, 2.75) is 194 Å². The van der Waals surface area contributed by atoms with Crippen molar-refractivity contribution in [1.29, 1.82) is 0 Å². The van der Waals surface area contributed by atoms with Crippen molar-refractivity contribution < 1.29 is 19.2 Å². The molecule has 0 aromatic carbocycles. The van der Waals surface area contributed by atoms with Gasteiger partial charge in [0.05, 0.1) is 0 Å². The third-order valence-corrected chi connectivity index (χ3v) is 8.46. The number of carbonyl (C=O) groups is 4. The van der Waals surface area contributed by atoms with Gasteiger partial charge in [-0.2, -0.15) is 0 Å². The minimum atomic E-state index is -0.842. The Morgan fingerprint density at radius 2 is 0.894 bits per heavy atom. The van der Waals surface area contributed by atoms with Crippen LogP contribution in [0.4, 0.5) is 0 Å². The Labute approximate surface area is 287 Å². The Morgan fingerprint density at radius 1 is 0.489 bits per heavy atom. The molecule has 4 amide bonds. The highest BCUT2D eigenvalue weighted by Gasteiger charge is 2.30. The Kier molecular flexibility index (Phi) is 28.5. The summed E-state index contributed by atoms with van der Waals surface area (Å²) < 4.78 is 0. The molecule has 0 spiro atoms. The summed E-state index contributed by atoms with van der Waals surface area (Å²) in [5.41, 5.74) is 11.4. The maximum Gasteiger partial charge on any atom is 0.243 e. The van der Waals surface area contributed by atoms with E-state index in [4.69, 9.17) is 11.5 Å². The number of unbranched alkanes of at least 4 members (excludes halogenated alkanes) is 14. The molecule has 0 saturated carbocycles. The van der Waals surface area contributed by atoms with Crippen LogP contribution in [0.1, 0.15) is 169 Å². The number of rotatable bonds is 31. The summed E-state index contributed by atoms with van der Waals surface area (Å²) in [5, 5.41) is 11.6. The van der Waals surface area contributed by atoms with Crippen LogP contribution >= 0.6 is 0 Å². The lowest BCUT2D eigenvalue weighted by Crippen LogP contribution is -2.57. The van der Waals surface area contributed by atoms with Crippen LogP contribution in [0.5, 0.6) is 0 Å². The summed E-state index contributed by atoms with van der Waals surface area (Å²) >= 11 is 0. The molecular formula is C37H74N6O4. The maximum atomic E-state index is 13.5. The van der Waals surface area contributed by atoms with E-state index in [9.17, 15) is 19.2 Å². The molecular weight excluding hydrogens is 592 g/mol. The maximum absolute atomic E-state index is 13.5. The number of hydrogen-bond donors (Lipinski definition) is 6. The standard InChI is InChI=1S/C37H74N6O4/c1-6-7-8-9-10-11-12-13-14-15-16-17-18-25-34(44)41-31(23-19-21-26-38)35(45)42-32(24-20-22-27-39)36(46)43-33(28-29(2)3)37(47)40-30(4)5/h29-33H,6-28,38-39H2,1-5H3,(H,40,47)(H,41,44)(H,42,45)(H,43,46)/t31-,32-,33-/m0/s1. The molecule has 0 aliphatic carbocycles. The first kappa shape index (κ1) is 44.8. The zero-order chi connectivity index (χ0) is 35.3. The summed E-state index contributed by atoms with van der Waals surface area (Å²) in [4.78, 5) is 52.7. The third-order valence-electron chi connectivity index (χ3n) is 8.46. The molecule has 10 heteroatoms. The first-order valence-electron chi connectivity index (χ1n) is 19.2. The van der Waals surface area contributed by atoms with Gasteiger partial charge in [0.1, 0.15) is 18.1 Å². The van der Waals surface area contributed by atoms with Crippen molar-refractivity contribution in [2.75, 3.05) is 13.1 Å². The van der Waals surface area contributed by atoms with Crippen molar-refractivity contribution in [3.63, 3.8) is 0 Å². The zero-order valence-electron chi connectivity index (χ0n) is 30.9. The highest BCUT2D eigenvalue weighted by atomic mass is 16.2. The van der Waals surface area contributed by atoms with E-state index in [0.29, 0.717) is 58.0 Å². The van der Waals surface area contributed by atoms with E-state index in [1.165, 1.54) is 64.2 Å². The van der Waals surface area contributed by atoms with Crippen LogP contribution in [0.25, 0.3) is 0 Å². The molecule has 3 atom stereocenters. The molecule has 47 heavy (non-hydrogen) atoms. The normalized spacial score (nSPS) is 13.3. The van der Waals surface area contributed by atoms with Crippen molar-refractivity contribution in [1.82, 2.24) is 21.3 Å². The Balaban J connectivity index is 5.02. The van der Waals surface area contributed by atoms with Gasteiger partial charge in [0.15, 0.2) is 0 Å². The first-order valence-corrected chi connectivity index (χ1v) is 19.2. The fourth-order valence-corrected chi connectivity index (χ4v) is 5.73. The molecule has 0 aliphatic rings. The summed E-state index contributed by atoms with van der Waals surface area (Å²) in [6.07, 6.45) is 20.5. The fourth-order valence-electron chi connectivity index (χ4n) is 5.73.